The highest BCUT2D eigenvalue weighted by molar-refractivity contribution is 6.19. The van der Waals surface area contributed by atoms with E-state index in [2.05, 4.69) is 10.3 Å². The van der Waals surface area contributed by atoms with E-state index in [1.54, 1.807) is 33.3 Å². The summed E-state index contributed by atoms with van der Waals surface area (Å²) in [6.07, 6.45) is 2.32. The van der Waals surface area contributed by atoms with Crippen molar-refractivity contribution in [2.45, 2.75) is 34.1 Å². The quantitative estimate of drug-likeness (QED) is 0.508. The highest BCUT2D eigenvalue weighted by Gasteiger charge is 2.20. The first-order valence-corrected chi connectivity index (χ1v) is 10.3. The lowest BCUT2D eigenvalue weighted by molar-refractivity contribution is -0.136. The van der Waals surface area contributed by atoms with Crippen LogP contribution >= 0.6 is 0 Å². The molecule has 0 saturated heterocycles. The number of nitrogens with zero attached hydrogens (tertiary/aromatic N) is 2. The molecule has 0 bridgehead atoms. The summed E-state index contributed by atoms with van der Waals surface area (Å²) in [5.74, 6) is -0.420. The molecule has 30 heavy (non-hydrogen) atoms. The number of ether oxygens (including phenoxy) is 1. The summed E-state index contributed by atoms with van der Waals surface area (Å²) in [4.78, 5) is 30.9. The smallest absolute Gasteiger partial charge is 0.338 e. The monoisotopic (exact) mass is 409 g/mol. The van der Waals surface area contributed by atoms with Gasteiger partial charge in [0.15, 0.2) is 0 Å². The van der Waals surface area contributed by atoms with Gasteiger partial charge in [-0.05, 0) is 51.5 Å². The Balaban J connectivity index is 2.57. The van der Waals surface area contributed by atoms with E-state index in [0.717, 1.165) is 41.0 Å². The van der Waals surface area contributed by atoms with Crippen molar-refractivity contribution in [2.24, 2.45) is 0 Å². The lowest BCUT2D eigenvalue weighted by atomic mass is 9.94. The fourth-order valence-electron chi connectivity index (χ4n) is 3.10. The molecule has 0 aliphatic heterocycles. The summed E-state index contributed by atoms with van der Waals surface area (Å²) in [5, 5.41) is 3.34. The molecule has 0 radical (unpaired) electrons. The molecule has 1 aromatic carbocycles. The van der Waals surface area contributed by atoms with Gasteiger partial charge in [-0.2, -0.15) is 0 Å². The molecular weight excluding hydrogens is 378 g/mol. The molecule has 1 aromatic heterocycles. The highest BCUT2D eigenvalue weighted by Crippen LogP contribution is 2.32. The third-order valence-corrected chi connectivity index (χ3v) is 4.81. The molecule has 0 saturated carbocycles. The molecule has 0 aliphatic carbocycles. The van der Waals surface area contributed by atoms with Crippen LogP contribution in [0.2, 0.25) is 0 Å². The summed E-state index contributed by atoms with van der Waals surface area (Å²) in [7, 11) is 3.42. The van der Waals surface area contributed by atoms with E-state index >= 15 is 0 Å². The molecule has 1 amide bonds. The largest absolute Gasteiger partial charge is 0.462 e. The maximum atomic E-state index is 12.8. The van der Waals surface area contributed by atoms with Crippen LogP contribution in [-0.4, -0.2) is 49.0 Å². The van der Waals surface area contributed by atoms with Gasteiger partial charge in [-0.25, -0.2) is 4.79 Å². The Morgan fingerprint density at radius 2 is 1.83 bits per heavy atom. The molecule has 6 nitrogen and oxygen atoms in total. The van der Waals surface area contributed by atoms with Gasteiger partial charge in [0.05, 0.1) is 23.4 Å². The minimum atomic E-state index is -0.326. The topological polar surface area (TPSA) is 71.5 Å². The first kappa shape index (κ1) is 23.1. The molecule has 0 aliphatic rings. The van der Waals surface area contributed by atoms with Crippen LogP contribution in [0.4, 0.5) is 5.69 Å². The van der Waals surface area contributed by atoms with E-state index in [-0.39, 0.29) is 11.9 Å². The number of esters is 1. The number of hydrogen-bond donors (Lipinski definition) is 1. The zero-order valence-corrected chi connectivity index (χ0v) is 18.7. The number of amides is 1. The van der Waals surface area contributed by atoms with Crippen molar-refractivity contribution >= 4 is 23.1 Å². The van der Waals surface area contributed by atoms with Crippen LogP contribution in [0.3, 0.4) is 0 Å². The van der Waals surface area contributed by atoms with Crippen LogP contribution in [-0.2, 0) is 9.53 Å². The van der Waals surface area contributed by atoms with Crippen molar-refractivity contribution in [3.05, 3.63) is 53.2 Å². The zero-order valence-electron chi connectivity index (χ0n) is 18.7. The number of anilines is 1. The van der Waals surface area contributed by atoms with Gasteiger partial charge in [-0.1, -0.05) is 18.6 Å². The molecule has 1 N–H and O–H groups in total. The number of carbonyl (C=O) groups excluding carboxylic acids is 2. The first-order chi connectivity index (χ1) is 14.3. The number of rotatable bonds is 8. The van der Waals surface area contributed by atoms with Gasteiger partial charge in [0, 0.05) is 43.7 Å². The lowest BCUT2D eigenvalue weighted by Crippen LogP contribution is -2.21. The number of carbonyl (C=O) groups is 2. The second kappa shape index (κ2) is 10.6. The molecule has 0 spiro atoms. The van der Waals surface area contributed by atoms with Gasteiger partial charge >= 0.3 is 5.97 Å². The molecule has 6 heteroatoms. The Bertz CT molecular complexity index is 931. The first-order valence-electron chi connectivity index (χ1n) is 10.3. The summed E-state index contributed by atoms with van der Waals surface area (Å²) in [6, 6.07) is 9.46. The van der Waals surface area contributed by atoms with E-state index < -0.39 is 0 Å². The van der Waals surface area contributed by atoms with Gasteiger partial charge in [-0.3, -0.25) is 9.78 Å². The van der Waals surface area contributed by atoms with Gasteiger partial charge in [-0.15, -0.1) is 0 Å². The predicted molar refractivity (Wildman–Crippen MR) is 121 cm³/mol. The number of allylic oxidation sites excluding steroid dienone is 1. The number of pyridine rings is 1. The van der Waals surface area contributed by atoms with E-state index in [4.69, 9.17) is 4.74 Å². The molecule has 2 aromatic rings. The van der Waals surface area contributed by atoms with Crippen molar-refractivity contribution in [2.75, 3.05) is 32.6 Å². The van der Waals surface area contributed by atoms with Gasteiger partial charge in [0.25, 0.3) is 5.91 Å². The number of aromatic nitrogens is 1. The van der Waals surface area contributed by atoms with E-state index in [0.29, 0.717) is 17.7 Å². The Kier molecular flexibility index (Phi) is 8.16. The van der Waals surface area contributed by atoms with E-state index in [1.165, 1.54) is 4.90 Å². The van der Waals surface area contributed by atoms with Crippen LogP contribution in [0.5, 0.6) is 0 Å². The third-order valence-electron chi connectivity index (χ3n) is 4.81. The molecule has 0 fully saturated rings. The van der Waals surface area contributed by atoms with Crippen molar-refractivity contribution in [1.82, 2.24) is 9.88 Å². The van der Waals surface area contributed by atoms with Gasteiger partial charge in [0.2, 0.25) is 0 Å². The van der Waals surface area contributed by atoms with Crippen molar-refractivity contribution in [1.29, 1.82) is 0 Å². The number of nitrogens with one attached hydrogen (secondary N) is 1. The Hall–Kier alpha value is -3.15. The summed E-state index contributed by atoms with van der Waals surface area (Å²) in [6.45, 7) is 8.84. The van der Waals surface area contributed by atoms with Gasteiger partial charge in [0.1, 0.15) is 0 Å². The summed E-state index contributed by atoms with van der Waals surface area (Å²) >= 11 is 0. The number of benzene rings is 1. The fourth-order valence-corrected chi connectivity index (χ4v) is 3.10. The van der Waals surface area contributed by atoms with E-state index in [9.17, 15) is 9.59 Å². The minimum absolute atomic E-state index is 0.0941. The number of hydrogen-bond acceptors (Lipinski definition) is 5. The highest BCUT2D eigenvalue weighted by atomic mass is 16.5. The fraction of sp³-hybridized carbons (Fsp3) is 0.375. The minimum Gasteiger partial charge on any atom is -0.462 e. The SMILES string of the molecule is CCNc1ccc(-c2ccc(C(=O)N(C)C)cn2)cc1C(C(=O)OCC)=C(C)CC. The molecular formula is C24H31N3O3. The third kappa shape index (κ3) is 5.26. The molecule has 160 valence electrons. The zero-order chi connectivity index (χ0) is 22.3. The Morgan fingerprint density at radius 1 is 1.10 bits per heavy atom. The standard InChI is InChI=1S/C24H31N3O3/c1-7-16(4)22(24(29)30-9-3)19-14-17(10-13-21(19)25-8-2)20-12-11-18(15-26-20)23(28)27(5)6/h10-15,25H,7-9H2,1-6H3. The van der Waals surface area contributed by atoms with Crippen molar-refractivity contribution in [3.8, 4) is 11.3 Å². The lowest BCUT2D eigenvalue weighted by Gasteiger charge is -2.17. The second-order valence-corrected chi connectivity index (χ2v) is 7.15. The van der Waals surface area contributed by atoms with Crippen LogP contribution in [0.15, 0.2) is 42.1 Å². The normalized spacial score (nSPS) is 11.5. The molecule has 2 rings (SSSR count). The molecule has 0 atom stereocenters. The summed E-state index contributed by atoms with van der Waals surface area (Å²) < 4.78 is 5.34. The van der Waals surface area contributed by atoms with Crippen LogP contribution in [0.1, 0.15) is 50.0 Å². The van der Waals surface area contributed by atoms with E-state index in [1.807, 2.05) is 45.0 Å². The molecule has 1 heterocycles. The average Bonchev–Trinajstić information content (AvgIpc) is 2.74. The van der Waals surface area contributed by atoms with Crippen molar-refractivity contribution < 1.29 is 14.3 Å². The van der Waals surface area contributed by atoms with Crippen LogP contribution < -0.4 is 5.32 Å². The van der Waals surface area contributed by atoms with Crippen LogP contribution in [0, 0.1) is 0 Å². The van der Waals surface area contributed by atoms with Crippen LogP contribution in [0.25, 0.3) is 16.8 Å². The molecule has 0 unspecified atom stereocenters. The van der Waals surface area contributed by atoms with Gasteiger partial charge < -0.3 is 15.0 Å². The second-order valence-electron chi connectivity index (χ2n) is 7.15. The Labute approximate surface area is 179 Å². The van der Waals surface area contributed by atoms with Crippen molar-refractivity contribution in [3.63, 3.8) is 0 Å². The average molecular weight is 410 g/mol. The predicted octanol–water partition coefficient (Wildman–Crippen LogP) is 4.63. The maximum Gasteiger partial charge on any atom is 0.338 e. The maximum absolute atomic E-state index is 12.8. The Morgan fingerprint density at radius 3 is 2.37 bits per heavy atom. The summed E-state index contributed by atoms with van der Waals surface area (Å²) in [5.41, 5.74) is 5.33.